The number of benzene rings is 1. The lowest BCUT2D eigenvalue weighted by Crippen LogP contribution is -2.32. The van der Waals surface area contributed by atoms with Gasteiger partial charge in [0, 0.05) is 23.7 Å². The summed E-state index contributed by atoms with van der Waals surface area (Å²) in [5.41, 5.74) is 0.483. The third kappa shape index (κ3) is 3.02. The topological polar surface area (TPSA) is 27.0 Å². The lowest BCUT2D eigenvalue weighted by atomic mass is 10.1. The molecule has 1 aliphatic rings. The van der Waals surface area contributed by atoms with Crippen LogP contribution in [0.5, 0.6) is 0 Å². The molecule has 0 atom stereocenters. The maximum absolute atomic E-state index is 12.5. The van der Waals surface area contributed by atoms with Crippen LogP contribution in [0.1, 0.15) is 12.0 Å². The fourth-order valence-electron chi connectivity index (χ4n) is 2.02. The van der Waals surface area contributed by atoms with E-state index in [4.69, 9.17) is 16.9 Å². The minimum Gasteiger partial charge on any atom is -0.366 e. The van der Waals surface area contributed by atoms with Crippen molar-refractivity contribution in [1.29, 1.82) is 5.26 Å². The summed E-state index contributed by atoms with van der Waals surface area (Å²) < 4.78 is 37.5. The number of hydrogen-bond donors (Lipinski definition) is 0. The smallest absolute Gasteiger partial charge is 0.366 e. The van der Waals surface area contributed by atoms with Gasteiger partial charge in [-0.2, -0.15) is 18.4 Å². The van der Waals surface area contributed by atoms with Crippen LogP contribution in [0.3, 0.4) is 0 Å². The average molecular weight is 287 g/mol. The van der Waals surface area contributed by atoms with Crippen LogP contribution in [-0.2, 0) is 0 Å². The first-order valence-corrected chi connectivity index (χ1v) is 6.00. The maximum Gasteiger partial charge on any atom is 0.412 e. The van der Waals surface area contributed by atoms with Crippen LogP contribution in [0.2, 0.25) is 5.02 Å². The van der Waals surface area contributed by atoms with Gasteiger partial charge in [0.1, 0.15) is 6.07 Å². The highest BCUT2D eigenvalue weighted by Crippen LogP contribution is 2.32. The zero-order valence-corrected chi connectivity index (χ0v) is 10.6. The van der Waals surface area contributed by atoms with Crippen LogP contribution in [-0.4, -0.2) is 19.3 Å². The molecule has 0 amide bonds. The predicted molar refractivity (Wildman–Crippen MR) is 67.1 cm³/mol. The van der Waals surface area contributed by atoms with Crippen molar-refractivity contribution in [3.63, 3.8) is 0 Å². The Labute approximate surface area is 113 Å². The monoisotopic (exact) mass is 286 g/mol. The third-order valence-corrected chi connectivity index (χ3v) is 3.23. The van der Waals surface area contributed by atoms with Gasteiger partial charge in [-0.3, -0.25) is 0 Å². The lowest BCUT2D eigenvalue weighted by molar-refractivity contribution is -0.0943. The van der Waals surface area contributed by atoms with Gasteiger partial charge in [0.15, 0.2) is 0 Å². The third-order valence-electron chi connectivity index (χ3n) is 2.99. The molecule has 1 aromatic carbocycles. The molecule has 0 bridgehead atoms. The van der Waals surface area contributed by atoms with Crippen LogP contribution in [0.15, 0.2) is 29.8 Å². The highest BCUT2D eigenvalue weighted by molar-refractivity contribution is 6.30. The second-order valence-electron chi connectivity index (χ2n) is 4.20. The molecule has 0 radical (unpaired) electrons. The number of nitrogens with zero attached hydrogens (tertiary/aromatic N) is 2. The zero-order valence-electron chi connectivity index (χ0n) is 9.84. The standard InChI is InChI=1S/C13H10ClF3N2/c14-11-1-2-12(9(7-11)8-18)19-5-3-10(4-6-19)13(15,16)17/h1-3,7H,4-6H2. The molecule has 1 aliphatic heterocycles. The minimum atomic E-state index is -4.26. The van der Waals surface area contributed by atoms with Crippen molar-refractivity contribution in [2.75, 3.05) is 18.0 Å². The van der Waals surface area contributed by atoms with Crippen molar-refractivity contribution in [2.45, 2.75) is 12.6 Å². The van der Waals surface area contributed by atoms with Gasteiger partial charge in [-0.25, -0.2) is 0 Å². The molecule has 100 valence electrons. The van der Waals surface area contributed by atoms with Crippen LogP contribution >= 0.6 is 11.6 Å². The van der Waals surface area contributed by atoms with Crippen LogP contribution < -0.4 is 4.90 Å². The molecule has 2 rings (SSSR count). The van der Waals surface area contributed by atoms with Gasteiger partial charge in [0.05, 0.1) is 11.3 Å². The van der Waals surface area contributed by atoms with Crippen molar-refractivity contribution in [3.05, 3.63) is 40.4 Å². The molecule has 0 saturated carbocycles. The first kappa shape index (κ1) is 13.8. The summed E-state index contributed by atoms with van der Waals surface area (Å²) in [6, 6.07) is 6.81. The number of nitriles is 1. The van der Waals surface area contributed by atoms with Crippen molar-refractivity contribution in [2.24, 2.45) is 0 Å². The molecular weight excluding hydrogens is 277 g/mol. The number of halogens is 4. The quantitative estimate of drug-likeness (QED) is 0.732. The number of alkyl halides is 3. The van der Waals surface area contributed by atoms with E-state index in [2.05, 4.69) is 0 Å². The fourth-order valence-corrected chi connectivity index (χ4v) is 2.19. The highest BCUT2D eigenvalue weighted by Gasteiger charge is 2.34. The Hall–Kier alpha value is -1.67. The van der Waals surface area contributed by atoms with Gasteiger partial charge in [0.2, 0.25) is 0 Å². The molecule has 0 aliphatic carbocycles. The van der Waals surface area contributed by atoms with Crippen molar-refractivity contribution < 1.29 is 13.2 Å². The zero-order chi connectivity index (χ0) is 14.0. The van der Waals surface area contributed by atoms with Crippen LogP contribution in [0.4, 0.5) is 18.9 Å². The highest BCUT2D eigenvalue weighted by atomic mass is 35.5. The molecule has 1 heterocycles. The van der Waals surface area contributed by atoms with E-state index >= 15 is 0 Å². The molecule has 0 saturated heterocycles. The summed E-state index contributed by atoms with van der Waals surface area (Å²) in [5, 5.41) is 9.46. The molecule has 0 aromatic heterocycles. The van der Waals surface area contributed by atoms with E-state index < -0.39 is 11.7 Å². The van der Waals surface area contributed by atoms with Gasteiger partial charge in [0.25, 0.3) is 0 Å². The number of hydrogen-bond acceptors (Lipinski definition) is 2. The van der Waals surface area contributed by atoms with E-state index in [1.54, 1.807) is 17.0 Å². The summed E-state index contributed by atoms with van der Waals surface area (Å²) in [5.74, 6) is 0. The van der Waals surface area contributed by atoms with Crippen molar-refractivity contribution >= 4 is 17.3 Å². The SMILES string of the molecule is N#Cc1cc(Cl)ccc1N1CC=C(C(F)(F)F)CC1. The Balaban J connectivity index is 2.23. The van der Waals surface area contributed by atoms with Gasteiger partial charge in [-0.1, -0.05) is 17.7 Å². The molecular formula is C13H10ClF3N2. The summed E-state index contributed by atoms with van der Waals surface area (Å²) in [7, 11) is 0. The summed E-state index contributed by atoms with van der Waals surface area (Å²) in [6.45, 7) is 0.382. The predicted octanol–water partition coefficient (Wildman–Crippen LogP) is 3.91. The van der Waals surface area contributed by atoms with Gasteiger partial charge >= 0.3 is 6.18 Å². The molecule has 1 aromatic rings. The Bertz CT molecular complexity index is 558. The molecule has 19 heavy (non-hydrogen) atoms. The van der Waals surface area contributed by atoms with E-state index in [1.807, 2.05) is 6.07 Å². The molecule has 0 spiro atoms. The maximum atomic E-state index is 12.5. The van der Waals surface area contributed by atoms with E-state index in [1.165, 1.54) is 12.1 Å². The first-order chi connectivity index (χ1) is 8.91. The van der Waals surface area contributed by atoms with Crippen molar-refractivity contribution in [1.82, 2.24) is 0 Å². The number of anilines is 1. The molecule has 0 fully saturated rings. The summed E-state index contributed by atoms with van der Waals surface area (Å²) >= 11 is 5.79. The molecule has 0 unspecified atom stereocenters. The number of rotatable bonds is 1. The van der Waals surface area contributed by atoms with Crippen LogP contribution in [0.25, 0.3) is 0 Å². The Morgan fingerprint density at radius 1 is 1.32 bits per heavy atom. The average Bonchev–Trinajstić information content (AvgIpc) is 2.37. The van der Waals surface area contributed by atoms with E-state index in [-0.39, 0.29) is 19.5 Å². The largest absolute Gasteiger partial charge is 0.412 e. The fraction of sp³-hybridized carbons (Fsp3) is 0.308. The molecule has 0 N–H and O–H groups in total. The van der Waals surface area contributed by atoms with Gasteiger partial charge < -0.3 is 4.90 Å². The van der Waals surface area contributed by atoms with Gasteiger partial charge in [-0.05, 0) is 24.6 Å². The summed E-state index contributed by atoms with van der Waals surface area (Å²) in [6.07, 6.45) is -3.17. The minimum absolute atomic E-state index is 0.0724. The van der Waals surface area contributed by atoms with E-state index in [0.29, 0.717) is 16.3 Å². The van der Waals surface area contributed by atoms with E-state index in [0.717, 1.165) is 0 Å². The Kier molecular flexibility index (Phi) is 3.72. The van der Waals surface area contributed by atoms with Crippen molar-refractivity contribution in [3.8, 4) is 6.07 Å². The van der Waals surface area contributed by atoms with Crippen LogP contribution in [0, 0.1) is 11.3 Å². The normalized spacial score (nSPS) is 15.9. The lowest BCUT2D eigenvalue weighted by Gasteiger charge is -2.29. The molecule has 6 heteroatoms. The first-order valence-electron chi connectivity index (χ1n) is 5.62. The molecule has 2 nitrogen and oxygen atoms in total. The van der Waals surface area contributed by atoms with E-state index in [9.17, 15) is 13.2 Å². The second-order valence-corrected chi connectivity index (χ2v) is 4.63. The second kappa shape index (κ2) is 5.14. The Morgan fingerprint density at radius 3 is 2.58 bits per heavy atom. The Morgan fingerprint density at radius 2 is 2.05 bits per heavy atom. The van der Waals surface area contributed by atoms with Gasteiger partial charge in [-0.15, -0.1) is 0 Å². The summed E-state index contributed by atoms with van der Waals surface area (Å²) in [4.78, 5) is 1.74.